The molecule has 1 saturated carbocycles. The van der Waals surface area contributed by atoms with E-state index in [1.807, 2.05) is 0 Å². The topological polar surface area (TPSA) is 38.5 Å². The molecule has 0 aromatic heterocycles. The van der Waals surface area contributed by atoms with Gasteiger partial charge >= 0.3 is 0 Å². The number of likely N-dealkylation sites (N-methyl/N-ethyl adjacent to an activating group) is 1. The van der Waals surface area contributed by atoms with Crippen LogP contribution < -0.4 is 5.73 Å². The number of hydrogen-bond donors (Lipinski definition) is 1. The van der Waals surface area contributed by atoms with E-state index in [2.05, 4.69) is 32.6 Å². The van der Waals surface area contributed by atoms with Gasteiger partial charge in [-0.15, -0.1) is 0 Å². The Labute approximate surface area is 113 Å². The van der Waals surface area contributed by atoms with E-state index in [1.54, 1.807) is 7.11 Å². The van der Waals surface area contributed by atoms with Crippen LogP contribution in [0, 0.1) is 11.8 Å². The third-order valence-electron chi connectivity index (χ3n) is 4.95. The highest BCUT2D eigenvalue weighted by atomic mass is 16.5. The van der Waals surface area contributed by atoms with Gasteiger partial charge in [-0.2, -0.15) is 0 Å². The molecule has 0 aromatic carbocycles. The van der Waals surface area contributed by atoms with E-state index in [-0.39, 0.29) is 5.54 Å². The Morgan fingerprint density at radius 1 is 1.44 bits per heavy atom. The third-order valence-corrected chi connectivity index (χ3v) is 4.95. The number of ether oxygens (including phenoxy) is 1. The first kappa shape index (κ1) is 15.9. The van der Waals surface area contributed by atoms with Gasteiger partial charge in [-0.1, -0.05) is 20.8 Å². The van der Waals surface area contributed by atoms with Crippen LogP contribution in [0.25, 0.3) is 0 Å². The Bertz CT molecular complexity index is 247. The lowest BCUT2D eigenvalue weighted by Gasteiger charge is -2.53. The minimum Gasteiger partial charge on any atom is -0.383 e. The molecule has 4 unspecified atom stereocenters. The highest BCUT2D eigenvalue weighted by molar-refractivity contribution is 5.00. The molecule has 1 fully saturated rings. The average Bonchev–Trinajstić information content (AvgIpc) is 2.33. The molecule has 3 heteroatoms. The zero-order chi connectivity index (χ0) is 13.8. The van der Waals surface area contributed by atoms with Crippen molar-refractivity contribution in [2.75, 3.05) is 26.8 Å². The molecule has 108 valence electrons. The predicted molar refractivity (Wildman–Crippen MR) is 77.7 cm³/mol. The normalized spacial score (nSPS) is 34.8. The summed E-state index contributed by atoms with van der Waals surface area (Å²) < 4.78 is 5.34. The molecule has 2 N–H and O–H groups in total. The molecule has 0 bridgehead atoms. The quantitative estimate of drug-likeness (QED) is 0.793. The molecule has 0 amide bonds. The van der Waals surface area contributed by atoms with Crippen molar-refractivity contribution in [3.05, 3.63) is 0 Å². The van der Waals surface area contributed by atoms with E-state index in [0.29, 0.717) is 12.0 Å². The van der Waals surface area contributed by atoms with Gasteiger partial charge in [0.2, 0.25) is 0 Å². The molecule has 0 radical (unpaired) electrons. The second-order valence-corrected chi connectivity index (χ2v) is 6.18. The highest BCUT2D eigenvalue weighted by Crippen LogP contribution is 2.41. The Morgan fingerprint density at radius 3 is 2.56 bits per heavy atom. The van der Waals surface area contributed by atoms with Crippen LogP contribution in [-0.2, 0) is 4.74 Å². The second kappa shape index (κ2) is 6.88. The van der Waals surface area contributed by atoms with Crippen LogP contribution >= 0.6 is 0 Å². The van der Waals surface area contributed by atoms with Crippen LogP contribution in [0.4, 0.5) is 0 Å². The van der Waals surface area contributed by atoms with Crippen molar-refractivity contribution >= 4 is 0 Å². The number of nitrogens with two attached hydrogens (primary N) is 1. The van der Waals surface area contributed by atoms with E-state index in [4.69, 9.17) is 10.5 Å². The van der Waals surface area contributed by atoms with Gasteiger partial charge in [0, 0.05) is 25.2 Å². The maximum atomic E-state index is 6.20. The molecule has 0 heterocycles. The van der Waals surface area contributed by atoms with Crippen molar-refractivity contribution in [1.29, 1.82) is 0 Å². The molecule has 1 aliphatic rings. The van der Waals surface area contributed by atoms with Gasteiger partial charge in [-0.05, 0) is 44.6 Å². The summed E-state index contributed by atoms with van der Waals surface area (Å²) in [5.41, 5.74) is 6.38. The monoisotopic (exact) mass is 256 g/mol. The van der Waals surface area contributed by atoms with Gasteiger partial charge in [-0.3, -0.25) is 4.90 Å². The lowest BCUT2D eigenvalue weighted by Crippen LogP contribution is -2.63. The first-order chi connectivity index (χ1) is 8.51. The van der Waals surface area contributed by atoms with E-state index in [0.717, 1.165) is 25.6 Å². The van der Waals surface area contributed by atoms with Gasteiger partial charge in [0.25, 0.3) is 0 Å². The van der Waals surface area contributed by atoms with Crippen molar-refractivity contribution in [2.24, 2.45) is 17.6 Å². The number of hydrogen-bond acceptors (Lipinski definition) is 3. The zero-order valence-corrected chi connectivity index (χ0v) is 12.9. The summed E-state index contributed by atoms with van der Waals surface area (Å²) >= 11 is 0. The van der Waals surface area contributed by atoms with Crippen LogP contribution in [0.2, 0.25) is 0 Å². The van der Waals surface area contributed by atoms with Crippen molar-refractivity contribution in [1.82, 2.24) is 4.90 Å². The molecule has 18 heavy (non-hydrogen) atoms. The summed E-state index contributed by atoms with van der Waals surface area (Å²) in [6.45, 7) is 11.9. The molecular formula is C15H32N2O. The molecule has 0 saturated heterocycles. The van der Waals surface area contributed by atoms with Crippen LogP contribution in [0.1, 0.15) is 47.0 Å². The fourth-order valence-electron chi connectivity index (χ4n) is 3.93. The van der Waals surface area contributed by atoms with Crippen LogP contribution in [0.15, 0.2) is 0 Å². The Balaban J connectivity index is 2.89. The fraction of sp³-hybridized carbons (Fsp3) is 1.00. The molecule has 1 rings (SSSR count). The van der Waals surface area contributed by atoms with Crippen molar-refractivity contribution < 1.29 is 4.74 Å². The summed E-state index contributed by atoms with van der Waals surface area (Å²) in [6, 6.07) is 0.444. The smallest absolute Gasteiger partial charge is 0.0615 e. The molecular weight excluding hydrogens is 224 g/mol. The molecule has 1 aliphatic carbocycles. The first-order valence-electron chi connectivity index (χ1n) is 7.47. The minimum atomic E-state index is 0.180. The predicted octanol–water partition coefficient (Wildman–Crippen LogP) is 2.50. The van der Waals surface area contributed by atoms with E-state index in [1.165, 1.54) is 19.3 Å². The summed E-state index contributed by atoms with van der Waals surface area (Å²) in [5.74, 6) is 1.52. The molecule has 0 aliphatic heterocycles. The van der Waals surface area contributed by atoms with Crippen LogP contribution in [-0.4, -0.2) is 43.3 Å². The SMILES string of the molecule is CCN(C(C)COC)C1(CN)CCC(C)CC1C. The van der Waals surface area contributed by atoms with Crippen molar-refractivity contribution in [3.63, 3.8) is 0 Å². The van der Waals surface area contributed by atoms with Gasteiger partial charge < -0.3 is 10.5 Å². The van der Waals surface area contributed by atoms with E-state index >= 15 is 0 Å². The maximum absolute atomic E-state index is 6.20. The minimum absolute atomic E-state index is 0.180. The van der Waals surface area contributed by atoms with Gasteiger partial charge in [0.05, 0.1) is 6.61 Å². The van der Waals surface area contributed by atoms with Crippen LogP contribution in [0.5, 0.6) is 0 Å². The molecule has 3 nitrogen and oxygen atoms in total. The van der Waals surface area contributed by atoms with E-state index < -0.39 is 0 Å². The van der Waals surface area contributed by atoms with E-state index in [9.17, 15) is 0 Å². The van der Waals surface area contributed by atoms with Crippen molar-refractivity contribution in [2.45, 2.75) is 58.5 Å². The summed E-state index contributed by atoms with van der Waals surface area (Å²) in [5, 5.41) is 0. The lowest BCUT2D eigenvalue weighted by atomic mass is 9.68. The van der Waals surface area contributed by atoms with Crippen LogP contribution in [0.3, 0.4) is 0 Å². The molecule has 4 atom stereocenters. The Hall–Kier alpha value is -0.120. The number of rotatable bonds is 6. The lowest BCUT2D eigenvalue weighted by molar-refractivity contribution is -0.0397. The zero-order valence-electron chi connectivity index (χ0n) is 12.9. The molecule has 0 aromatic rings. The average molecular weight is 256 g/mol. The summed E-state index contributed by atoms with van der Waals surface area (Å²) in [7, 11) is 1.78. The number of methoxy groups -OCH3 is 1. The Morgan fingerprint density at radius 2 is 2.11 bits per heavy atom. The molecule has 0 spiro atoms. The first-order valence-corrected chi connectivity index (χ1v) is 7.47. The third kappa shape index (κ3) is 3.06. The highest BCUT2D eigenvalue weighted by Gasteiger charge is 2.44. The standard InChI is InChI=1S/C15H32N2O/c1-6-17(14(4)10-18-5)15(11-16)8-7-12(2)9-13(15)3/h12-14H,6-11,16H2,1-5H3. The number of nitrogens with zero attached hydrogens (tertiary/aromatic N) is 1. The maximum Gasteiger partial charge on any atom is 0.0615 e. The fourth-order valence-corrected chi connectivity index (χ4v) is 3.93. The van der Waals surface area contributed by atoms with Crippen molar-refractivity contribution in [3.8, 4) is 0 Å². The van der Waals surface area contributed by atoms with Gasteiger partial charge in [0.1, 0.15) is 0 Å². The largest absolute Gasteiger partial charge is 0.383 e. The summed E-state index contributed by atoms with van der Waals surface area (Å²) in [6.07, 6.45) is 3.83. The summed E-state index contributed by atoms with van der Waals surface area (Å²) in [4.78, 5) is 2.59. The van der Waals surface area contributed by atoms with Gasteiger partial charge in [-0.25, -0.2) is 0 Å². The van der Waals surface area contributed by atoms with Gasteiger partial charge in [0.15, 0.2) is 0 Å². The Kier molecular flexibility index (Phi) is 6.09. The second-order valence-electron chi connectivity index (χ2n) is 6.18.